The molecule has 0 radical (unpaired) electrons. The number of aryl methyl sites for hydroxylation is 1. The van der Waals surface area contributed by atoms with E-state index >= 15 is 0 Å². The van der Waals surface area contributed by atoms with Crippen molar-refractivity contribution in [1.82, 2.24) is 15.0 Å². The van der Waals surface area contributed by atoms with Gasteiger partial charge in [-0.25, -0.2) is 0 Å². The van der Waals surface area contributed by atoms with Crippen LogP contribution in [-0.2, 0) is 11.2 Å². The Hall–Kier alpha value is -2.12. The molecule has 1 aliphatic heterocycles. The van der Waals surface area contributed by atoms with Crippen molar-refractivity contribution in [2.45, 2.75) is 32.2 Å². The maximum absolute atomic E-state index is 12.1. The zero-order valence-electron chi connectivity index (χ0n) is 14.2. The van der Waals surface area contributed by atoms with E-state index in [-0.39, 0.29) is 24.4 Å². The summed E-state index contributed by atoms with van der Waals surface area (Å²) in [5, 5.41) is 3.98. The quantitative estimate of drug-likeness (QED) is 0.840. The normalized spacial score (nSPS) is 16.6. The van der Waals surface area contributed by atoms with Crippen LogP contribution in [0, 0.1) is 0 Å². The van der Waals surface area contributed by atoms with E-state index in [1.165, 1.54) is 0 Å². The molecule has 2 N–H and O–H groups in total. The van der Waals surface area contributed by atoms with Crippen molar-refractivity contribution in [2.24, 2.45) is 5.73 Å². The van der Waals surface area contributed by atoms with Gasteiger partial charge in [-0.15, -0.1) is 12.4 Å². The minimum absolute atomic E-state index is 0. The van der Waals surface area contributed by atoms with E-state index in [1.54, 1.807) is 4.90 Å². The smallest absolute Gasteiger partial charge is 0.227 e. The molecule has 1 aromatic heterocycles. The first kappa shape index (κ1) is 19.2. The number of rotatable bonds is 6. The zero-order chi connectivity index (χ0) is 16.9. The summed E-state index contributed by atoms with van der Waals surface area (Å²) in [6, 6.07) is 7.61. The van der Waals surface area contributed by atoms with Gasteiger partial charge in [-0.2, -0.15) is 4.98 Å². The van der Waals surface area contributed by atoms with Gasteiger partial charge < -0.3 is 19.9 Å². The Labute approximate surface area is 152 Å². The van der Waals surface area contributed by atoms with Gasteiger partial charge >= 0.3 is 0 Å². The lowest BCUT2D eigenvalue weighted by atomic mass is 10.2. The van der Waals surface area contributed by atoms with E-state index in [9.17, 15) is 4.79 Å². The van der Waals surface area contributed by atoms with E-state index < -0.39 is 0 Å². The van der Waals surface area contributed by atoms with Crippen molar-refractivity contribution in [3.8, 4) is 17.1 Å². The number of hydrogen-bond donors (Lipinski definition) is 1. The summed E-state index contributed by atoms with van der Waals surface area (Å²) in [5.41, 5.74) is 6.68. The Balaban J connectivity index is 0.00000225. The molecule has 2 heterocycles. The number of aromatic nitrogens is 2. The van der Waals surface area contributed by atoms with E-state index in [4.69, 9.17) is 15.0 Å². The first-order chi connectivity index (χ1) is 11.7. The number of carbonyl (C=O) groups is 1. The SMILES string of the molecule is CCOc1ccc(-c2noc(CCC(=O)N3CC[C@@H](N)C3)n2)cc1.Cl. The van der Waals surface area contributed by atoms with Crippen molar-refractivity contribution in [3.05, 3.63) is 30.2 Å². The minimum atomic E-state index is 0. The lowest BCUT2D eigenvalue weighted by Crippen LogP contribution is -2.31. The van der Waals surface area contributed by atoms with Crippen LogP contribution >= 0.6 is 12.4 Å². The summed E-state index contributed by atoms with van der Waals surface area (Å²) in [6.07, 6.45) is 1.67. The number of amides is 1. The van der Waals surface area contributed by atoms with Gasteiger partial charge in [0.05, 0.1) is 6.61 Å². The molecule has 136 valence electrons. The van der Waals surface area contributed by atoms with Crippen LogP contribution in [0.5, 0.6) is 5.75 Å². The minimum Gasteiger partial charge on any atom is -0.494 e. The molecule has 2 aromatic rings. The number of likely N-dealkylation sites (tertiary alicyclic amines) is 1. The topological polar surface area (TPSA) is 94.5 Å². The summed E-state index contributed by atoms with van der Waals surface area (Å²) < 4.78 is 10.7. The fraction of sp³-hybridized carbons (Fsp3) is 0.471. The molecular formula is C17H23ClN4O3. The number of nitrogens with zero attached hydrogens (tertiary/aromatic N) is 3. The molecule has 1 aromatic carbocycles. The predicted molar refractivity (Wildman–Crippen MR) is 95.6 cm³/mol. The predicted octanol–water partition coefficient (Wildman–Crippen LogP) is 2.05. The molecule has 1 aliphatic rings. The molecule has 0 saturated carbocycles. The largest absolute Gasteiger partial charge is 0.494 e. The monoisotopic (exact) mass is 366 g/mol. The number of ether oxygens (including phenoxy) is 1. The molecule has 1 amide bonds. The molecular weight excluding hydrogens is 344 g/mol. The van der Waals surface area contributed by atoms with Crippen molar-refractivity contribution in [3.63, 3.8) is 0 Å². The van der Waals surface area contributed by atoms with Gasteiger partial charge in [0.2, 0.25) is 17.6 Å². The van der Waals surface area contributed by atoms with Gasteiger partial charge in [-0.1, -0.05) is 5.16 Å². The van der Waals surface area contributed by atoms with Gasteiger partial charge in [-0.3, -0.25) is 4.79 Å². The Morgan fingerprint density at radius 3 is 2.80 bits per heavy atom. The highest BCUT2D eigenvalue weighted by Crippen LogP contribution is 2.20. The van der Waals surface area contributed by atoms with Crippen LogP contribution in [0.25, 0.3) is 11.4 Å². The van der Waals surface area contributed by atoms with Gasteiger partial charge in [0.15, 0.2) is 0 Å². The Kier molecular flexibility index (Phi) is 6.78. The van der Waals surface area contributed by atoms with Gasteiger partial charge in [0.1, 0.15) is 5.75 Å². The van der Waals surface area contributed by atoms with Gasteiger partial charge in [0.25, 0.3) is 0 Å². The van der Waals surface area contributed by atoms with E-state index in [1.807, 2.05) is 31.2 Å². The Bertz CT molecular complexity index is 689. The summed E-state index contributed by atoms with van der Waals surface area (Å²) in [4.78, 5) is 18.3. The van der Waals surface area contributed by atoms with Crippen molar-refractivity contribution >= 4 is 18.3 Å². The highest BCUT2D eigenvalue weighted by Gasteiger charge is 2.23. The summed E-state index contributed by atoms with van der Waals surface area (Å²) in [5.74, 6) is 1.88. The van der Waals surface area contributed by atoms with Gasteiger partial charge in [-0.05, 0) is 37.6 Å². The first-order valence-electron chi connectivity index (χ1n) is 8.25. The second kappa shape index (κ2) is 8.82. The third-order valence-corrected chi connectivity index (χ3v) is 4.02. The zero-order valence-corrected chi connectivity index (χ0v) is 15.0. The van der Waals surface area contributed by atoms with Crippen LogP contribution in [-0.4, -0.2) is 46.7 Å². The summed E-state index contributed by atoms with van der Waals surface area (Å²) >= 11 is 0. The third kappa shape index (κ3) is 4.93. The van der Waals surface area contributed by atoms with E-state index in [2.05, 4.69) is 10.1 Å². The molecule has 25 heavy (non-hydrogen) atoms. The summed E-state index contributed by atoms with van der Waals surface area (Å²) in [7, 11) is 0. The highest BCUT2D eigenvalue weighted by atomic mass is 35.5. The fourth-order valence-corrected chi connectivity index (χ4v) is 2.73. The molecule has 0 unspecified atom stereocenters. The summed E-state index contributed by atoms with van der Waals surface area (Å²) in [6.45, 7) is 3.94. The molecule has 1 saturated heterocycles. The average molecular weight is 367 g/mol. The third-order valence-electron chi connectivity index (χ3n) is 4.02. The van der Waals surface area contributed by atoms with E-state index in [0.717, 1.165) is 24.3 Å². The number of benzene rings is 1. The molecule has 0 spiro atoms. The average Bonchev–Trinajstić information content (AvgIpc) is 3.23. The molecule has 7 nitrogen and oxygen atoms in total. The van der Waals surface area contributed by atoms with Crippen LogP contribution in [0.1, 0.15) is 25.7 Å². The van der Waals surface area contributed by atoms with Crippen LogP contribution < -0.4 is 10.5 Å². The molecule has 0 bridgehead atoms. The molecule has 8 heteroatoms. The molecule has 3 rings (SSSR count). The van der Waals surface area contributed by atoms with Crippen LogP contribution in [0.2, 0.25) is 0 Å². The maximum atomic E-state index is 12.1. The molecule has 0 aliphatic carbocycles. The first-order valence-corrected chi connectivity index (χ1v) is 8.25. The van der Waals surface area contributed by atoms with Gasteiger partial charge in [0, 0.05) is 37.5 Å². The van der Waals surface area contributed by atoms with Crippen molar-refractivity contribution in [1.29, 1.82) is 0 Å². The standard InChI is InChI=1S/C17H22N4O3.ClH/c1-2-23-14-5-3-12(4-6-14)17-19-15(24-20-17)7-8-16(22)21-10-9-13(18)11-21;/h3-6,13H,2,7-11,18H2,1H3;1H/t13-;/m1./s1. The number of halogens is 1. The Morgan fingerprint density at radius 2 is 2.16 bits per heavy atom. The maximum Gasteiger partial charge on any atom is 0.227 e. The van der Waals surface area contributed by atoms with Crippen LogP contribution in [0.4, 0.5) is 0 Å². The highest BCUT2D eigenvalue weighted by molar-refractivity contribution is 5.85. The van der Waals surface area contributed by atoms with Crippen LogP contribution in [0.3, 0.4) is 0 Å². The van der Waals surface area contributed by atoms with E-state index in [0.29, 0.717) is 37.7 Å². The number of nitrogens with two attached hydrogens (primary N) is 1. The molecule has 1 fully saturated rings. The second-order valence-corrected chi connectivity index (χ2v) is 5.86. The second-order valence-electron chi connectivity index (χ2n) is 5.86. The number of carbonyl (C=O) groups excluding carboxylic acids is 1. The van der Waals surface area contributed by atoms with Crippen molar-refractivity contribution in [2.75, 3.05) is 19.7 Å². The Morgan fingerprint density at radius 1 is 1.40 bits per heavy atom. The fourth-order valence-electron chi connectivity index (χ4n) is 2.73. The van der Waals surface area contributed by atoms with Crippen LogP contribution in [0.15, 0.2) is 28.8 Å². The number of hydrogen-bond acceptors (Lipinski definition) is 6. The lowest BCUT2D eigenvalue weighted by Gasteiger charge is -2.14. The lowest BCUT2D eigenvalue weighted by molar-refractivity contribution is -0.130. The van der Waals surface area contributed by atoms with Crippen molar-refractivity contribution < 1.29 is 14.1 Å². The molecule has 1 atom stereocenters.